The van der Waals surface area contributed by atoms with Gasteiger partial charge in [0.2, 0.25) is 5.91 Å². The van der Waals surface area contributed by atoms with Crippen LogP contribution in [0.2, 0.25) is 5.02 Å². The average Bonchev–Trinajstić information content (AvgIpc) is 2.97. The van der Waals surface area contributed by atoms with Crippen LogP contribution in [-0.4, -0.2) is 38.4 Å². The van der Waals surface area contributed by atoms with E-state index in [4.69, 9.17) is 11.6 Å². The van der Waals surface area contributed by atoms with Crippen LogP contribution in [-0.2, 0) is 11.3 Å². The van der Waals surface area contributed by atoms with Crippen LogP contribution in [0.3, 0.4) is 0 Å². The number of rotatable bonds is 6. The first kappa shape index (κ1) is 17.7. The molecule has 0 saturated carbocycles. The molecule has 5 nitrogen and oxygen atoms in total. The van der Waals surface area contributed by atoms with Gasteiger partial charge in [-0.25, -0.2) is 4.39 Å². The van der Waals surface area contributed by atoms with Crippen LogP contribution in [0.4, 0.5) is 4.39 Å². The summed E-state index contributed by atoms with van der Waals surface area (Å²) in [5.74, 6) is -0.342. The Morgan fingerprint density at radius 3 is 2.87 bits per heavy atom. The van der Waals surface area contributed by atoms with E-state index in [2.05, 4.69) is 10.2 Å². The van der Waals surface area contributed by atoms with Crippen LogP contribution < -0.4 is 0 Å². The van der Waals surface area contributed by atoms with Crippen molar-refractivity contribution in [3.05, 3.63) is 40.9 Å². The van der Waals surface area contributed by atoms with Gasteiger partial charge in [-0.05, 0) is 26.0 Å². The van der Waals surface area contributed by atoms with Crippen LogP contribution >= 0.6 is 23.4 Å². The second kappa shape index (κ2) is 7.79. The summed E-state index contributed by atoms with van der Waals surface area (Å²) in [4.78, 5) is 13.7. The Morgan fingerprint density at radius 1 is 1.48 bits per heavy atom. The maximum absolute atomic E-state index is 13.8. The first-order chi connectivity index (χ1) is 10.9. The van der Waals surface area contributed by atoms with Crippen molar-refractivity contribution in [2.24, 2.45) is 0 Å². The van der Waals surface area contributed by atoms with Crippen molar-refractivity contribution in [2.45, 2.75) is 31.6 Å². The highest BCUT2D eigenvalue weighted by molar-refractivity contribution is 7.99. The minimum absolute atomic E-state index is 0.127. The molecule has 124 valence electrons. The van der Waals surface area contributed by atoms with Crippen molar-refractivity contribution in [1.29, 1.82) is 0 Å². The third-order valence-corrected chi connectivity index (χ3v) is 4.60. The maximum atomic E-state index is 13.8. The molecule has 0 bridgehead atoms. The zero-order chi connectivity index (χ0) is 17.0. The molecule has 0 aliphatic heterocycles. The number of halogens is 2. The van der Waals surface area contributed by atoms with Crippen LogP contribution in [0, 0.1) is 5.82 Å². The van der Waals surface area contributed by atoms with Gasteiger partial charge in [0, 0.05) is 30.2 Å². The number of aromatic nitrogens is 3. The molecule has 1 aromatic heterocycles. The van der Waals surface area contributed by atoms with Gasteiger partial charge in [-0.3, -0.25) is 4.79 Å². The van der Waals surface area contributed by atoms with Gasteiger partial charge < -0.3 is 9.47 Å². The molecular formula is C15H18ClFN4OS. The van der Waals surface area contributed by atoms with E-state index in [0.29, 0.717) is 15.7 Å². The van der Waals surface area contributed by atoms with E-state index in [1.54, 1.807) is 19.4 Å². The van der Waals surface area contributed by atoms with Gasteiger partial charge in [-0.15, -0.1) is 10.2 Å². The quantitative estimate of drug-likeness (QED) is 0.744. The predicted molar refractivity (Wildman–Crippen MR) is 89.0 cm³/mol. The molecule has 0 atom stereocenters. The van der Waals surface area contributed by atoms with Gasteiger partial charge in [-0.2, -0.15) is 0 Å². The number of hydrogen-bond acceptors (Lipinski definition) is 4. The summed E-state index contributed by atoms with van der Waals surface area (Å²) in [6, 6.07) is 4.70. The molecule has 1 aromatic carbocycles. The van der Waals surface area contributed by atoms with Gasteiger partial charge in [0.15, 0.2) is 5.16 Å². The molecule has 0 spiro atoms. The molecule has 0 saturated heterocycles. The summed E-state index contributed by atoms with van der Waals surface area (Å²) in [7, 11) is 1.62. The molecule has 8 heteroatoms. The van der Waals surface area contributed by atoms with Crippen molar-refractivity contribution in [2.75, 3.05) is 12.8 Å². The van der Waals surface area contributed by atoms with Crippen LogP contribution in [0.5, 0.6) is 0 Å². The third-order valence-electron chi connectivity index (χ3n) is 3.30. The summed E-state index contributed by atoms with van der Waals surface area (Å²) < 4.78 is 15.7. The van der Waals surface area contributed by atoms with Crippen molar-refractivity contribution in [3.63, 3.8) is 0 Å². The lowest BCUT2D eigenvalue weighted by atomic mass is 10.2. The van der Waals surface area contributed by atoms with Gasteiger partial charge in [-0.1, -0.05) is 29.4 Å². The lowest BCUT2D eigenvalue weighted by Crippen LogP contribution is -2.28. The molecule has 0 fully saturated rings. The fraction of sp³-hybridized carbons (Fsp3) is 0.400. The summed E-state index contributed by atoms with van der Waals surface area (Å²) in [5, 5.41) is 8.86. The van der Waals surface area contributed by atoms with E-state index < -0.39 is 5.82 Å². The first-order valence-electron chi connectivity index (χ1n) is 7.09. The van der Waals surface area contributed by atoms with Crippen molar-refractivity contribution in [3.8, 4) is 0 Å². The summed E-state index contributed by atoms with van der Waals surface area (Å²) in [5.41, 5.74) is 0.320. The Balaban J connectivity index is 1.96. The van der Waals surface area contributed by atoms with E-state index in [1.165, 1.54) is 28.8 Å². The van der Waals surface area contributed by atoms with Gasteiger partial charge in [0.05, 0.1) is 5.75 Å². The smallest absolute Gasteiger partial charge is 0.233 e. The summed E-state index contributed by atoms with van der Waals surface area (Å²) in [6.07, 6.45) is 1.64. The fourth-order valence-corrected chi connectivity index (χ4v) is 3.14. The Bertz CT molecular complexity index is 672. The lowest BCUT2D eigenvalue weighted by molar-refractivity contribution is -0.127. The minimum Gasteiger partial charge on any atom is -0.341 e. The molecular weight excluding hydrogens is 339 g/mol. The molecule has 2 aromatic rings. The molecule has 1 heterocycles. The maximum Gasteiger partial charge on any atom is 0.233 e. The molecule has 0 N–H and O–H groups in total. The highest BCUT2D eigenvalue weighted by Gasteiger charge is 2.16. The predicted octanol–water partition coefficient (Wildman–Crippen LogP) is 3.40. The Hall–Kier alpha value is -1.60. The number of thioether (sulfide) groups is 1. The number of benzene rings is 1. The average molecular weight is 357 g/mol. The molecule has 2 rings (SSSR count). The van der Waals surface area contributed by atoms with Gasteiger partial charge in [0.1, 0.15) is 12.1 Å². The monoisotopic (exact) mass is 356 g/mol. The van der Waals surface area contributed by atoms with Crippen LogP contribution in [0.25, 0.3) is 0 Å². The fourth-order valence-electron chi connectivity index (χ4n) is 1.93. The van der Waals surface area contributed by atoms with Crippen molar-refractivity contribution >= 4 is 29.3 Å². The first-order valence-corrected chi connectivity index (χ1v) is 8.45. The number of carbonyl (C=O) groups is 1. The van der Waals surface area contributed by atoms with E-state index in [1.807, 2.05) is 18.4 Å². The Labute approximate surface area is 143 Å². The number of hydrogen-bond donors (Lipinski definition) is 0. The largest absolute Gasteiger partial charge is 0.341 e. The molecule has 0 radical (unpaired) electrons. The second-order valence-corrected chi connectivity index (χ2v) is 6.70. The van der Waals surface area contributed by atoms with Crippen LogP contribution in [0.15, 0.2) is 29.7 Å². The number of carbonyl (C=O) groups excluding carboxylic acids is 1. The zero-order valence-electron chi connectivity index (χ0n) is 13.2. The standard InChI is InChI=1S/C15H18ClFN4OS/c1-10(2)21-9-18-19-15(21)23-8-14(22)20(3)7-11-12(16)5-4-6-13(11)17/h4-6,9-10H,7-8H2,1-3H3. The Morgan fingerprint density at radius 2 is 2.22 bits per heavy atom. The molecule has 1 amide bonds. The summed E-state index contributed by atoms with van der Waals surface area (Å²) >= 11 is 7.30. The number of amides is 1. The molecule has 23 heavy (non-hydrogen) atoms. The van der Waals surface area contributed by atoms with Crippen LogP contribution in [0.1, 0.15) is 25.5 Å². The second-order valence-electron chi connectivity index (χ2n) is 5.35. The van der Waals surface area contributed by atoms with E-state index in [0.717, 1.165) is 0 Å². The molecule has 0 aliphatic rings. The Kier molecular flexibility index (Phi) is 6.01. The van der Waals surface area contributed by atoms with Crippen molar-refractivity contribution in [1.82, 2.24) is 19.7 Å². The highest BCUT2D eigenvalue weighted by atomic mass is 35.5. The third kappa shape index (κ3) is 4.45. The lowest BCUT2D eigenvalue weighted by Gasteiger charge is -2.18. The SMILES string of the molecule is CC(C)n1cnnc1SCC(=O)N(C)Cc1c(F)cccc1Cl. The van der Waals surface area contributed by atoms with Crippen molar-refractivity contribution < 1.29 is 9.18 Å². The number of nitrogens with zero attached hydrogens (tertiary/aromatic N) is 4. The minimum atomic E-state index is -0.413. The van der Waals surface area contributed by atoms with E-state index in [9.17, 15) is 9.18 Å². The zero-order valence-corrected chi connectivity index (χ0v) is 14.7. The molecule has 0 unspecified atom stereocenters. The normalized spacial score (nSPS) is 11.0. The topological polar surface area (TPSA) is 51.0 Å². The molecule has 0 aliphatic carbocycles. The summed E-state index contributed by atoms with van der Waals surface area (Å²) in [6.45, 7) is 4.16. The van der Waals surface area contributed by atoms with E-state index in [-0.39, 0.29) is 24.2 Å². The highest BCUT2D eigenvalue weighted by Crippen LogP contribution is 2.22. The van der Waals surface area contributed by atoms with E-state index >= 15 is 0 Å². The van der Waals surface area contributed by atoms with Gasteiger partial charge >= 0.3 is 0 Å². The van der Waals surface area contributed by atoms with Gasteiger partial charge in [0.25, 0.3) is 0 Å².